The van der Waals surface area contributed by atoms with Gasteiger partial charge < -0.3 is 29.4 Å². The Morgan fingerprint density at radius 2 is 1.71 bits per heavy atom. The van der Waals surface area contributed by atoms with E-state index in [1.807, 2.05) is 0 Å². The summed E-state index contributed by atoms with van der Waals surface area (Å²) in [6, 6.07) is 6.66. The Morgan fingerprint density at radius 1 is 1.06 bits per heavy atom. The Hall–Kier alpha value is -4.35. The van der Waals surface area contributed by atoms with Crippen LogP contribution in [0.3, 0.4) is 0 Å². The number of amides is 1. The van der Waals surface area contributed by atoms with E-state index in [9.17, 15) is 29.6 Å². The van der Waals surface area contributed by atoms with E-state index < -0.39 is 40.3 Å². The van der Waals surface area contributed by atoms with Gasteiger partial charge in [0.2, 0.25) is 5.75 Å². The number of esters is 1. The summed E-state index contributed by atoms with van der Waals surface area (Å²) in [5.41, 5.74) is -0.816. The van der Waals surface area contributed by atoms with E-state index in [-0.39, 0.29) is 34.8 Å². The Kier molecular flexibility index (Phi) is 8.59. The topological polar surface area (TPSA) is 164 Å². The number of nitrogens with zero attached hydrogens (tertiary/aromatic N) is 1. The number of carboxylic acids is 1. The van der Waals surface area contributed by atoms with Gasteiger partial charge >= 0.3 is 23.7 Å². The minimum atomic E-state index is -1.39. The summed E-state index contributed by atoms with van der Waals surface area (Å²) in [5, 5.41) is 23.4. The molecular formula is C23H26N2O10. The molecule has 0 spiro atoms. The summed E-state index contributed by atoms with van der Waals surface area (Å²) in [6.07, 6.45) is -1.17. The van der Waals surface area contributed by atoms with Crippen molar-refractivity contribution >= 4 is 23.7 Å². The maximum Gasteiger partial charge on any atom is 0.408 e. The smallest absolute Gasteiger partial charge is 0.408 e. The fourth-order valence-corrected chi connectivity index (χ4v) is 2.92. The molecule has 2 aromatic rings. The molecule has 0 aliphatic heterocycles. The average molecular weight is 490 g/mol. The Labute approximate surface area is 200 Å². The third kappa shape index (κ3) is 7.59. The highest BCUT2D eigenvalue weighted by molar-refractivity contribution is 5.90. The first-order valence-electron chi connectivity index (χ1n) is 10.3. The summed E-state index contributed by atoms with van der Waals surface area (Å²) < 4.78 is 20.6. The van der Waals surface area contributed by atoms with Gasteiger partial charge in [-0.1, -0.05) is 6.07 Å². The van der Waals surface area contributed by atoms with Crippen LogP contribution < -0.4 is 14.8 Å². The molecule has 2 rings (SSSR count). The molecule has 35 heavy (non-hydrogen) atoms. The number of methoxy groups -OCH3 is 2. The summed E-state index contributed by atoms with van der Waals surface area (Å²) in [6.45, 7) is 4.88. The second-order valence-corrected chi connectivity index (χ2v) is 8.26. The number of aliphatic carboxylic acids is 1. The lowest BCUT2D eigenvalue weighted by Crippen LogP contribution is -2.44. The van der Waals surface area contributed by atoms with Gasteiger partial charge in [-0.05, 0) is 50.6 Å². The van der Waals surface area contributed by atoms with Crippen molar-refractivity contribution in [3.05, 3.63) is 57.6 Å². The largest absolute Gasteiger partial charge is 0.493 e. The Balaban J connectivity index is 2.30. The third-order valence-corrected chi connectivity index (χ3v) is 4.45. The van der Waals surface area contributed by atoms with E-state index in [2.05, 4.69) is 10.1 Å². The van der Waals surface area contributed by atoms with Crippen LogP contribution in [0.25, 0.3) is 0 Å². The van der Waals surface area contributed by atoms with Crippen LogP contribution in [0.5, 0.6) is 17.2 Å². The van der Waals surface area contributed by atoms with Gasteiger partial charge in [0.25, 0.3) is 0 Å². The first kappa shape index (κ1) is 26.9. The van der Waals surface area contributed by atoms with Crippen LogP contribution in [-0.4, -0.2) is 53.9 Å². The van der Waals surface area contributed by atoms with Crippen LogP contribution in [0.15, 0.2) is 36.4 Å². The summed E-state index contributed by atoms with van der Waals surface area (Å²) in [5.74, 6) is -1.84. The van der Waals surface area contributed by atoms with Crippen molar-refractivity contribution in [2.75, 3.05) is 14.2 Å². The van der Waals surface area contributed by atoms with Crippen LogP contribution in [0.4, 0.5) is 10.5 Å². The van der Waals surface area contributed by atoms with E-state index in [1.54, 1.807) is 20.8 Å². The van der Waals surface area contributed by atoms with Crippen LogP contribution in [0.1, 0.15) is 36.7 Å². The highest BCUT2D eigenvalue weighted by atomic mass is 16.6. The molecule has 2 N–H and O–H groups in total. The van der Waals surface area contributed by atoms with Crippen molar-refractivity contribution in [3.8, 4) is 17.2 Å². The maximum atomic E-state index is 12.0. The minimum Gasteiger partial charge on any atom is -0.493 e. The van der Waals surface area contributed by atoms with Crippen molar-refractivity contribution in [1.82, 2.24) is 5.32 Å². The summed E-state index contributed by atoms with van der Waals surface area (Å²) >= 11 is 0. The predicted molar refractivity (Wildman–Crippen MR) is 122 cm³/mol. The van der Waals surface area contributed by atoms with Gasteiger partial charge in [-0.3, -0.25) is 10.1 Å². The quantitative estimate of drug-likeness (QED) is 0.301. The molecule has 0 aliphatic rings. The van der Waals surface area contributed by atoms with Gasteiger partial charge in [-0.15, -0.1) is 0 Å². The number of hydrogen-bond acceptors (Lipinski definition) is 9. The number of nitrogens with one attached hydrogen (secondary N) is 1. The number of hydrogen-bond donors (Lipinski definition) is 2. The molecule has 12 heteroatoms. The minimum absolute atomic E-state index is 0.103. The number of alkyl carbamates (subject to hydrolysis) is 1. The maximum absolute atomic E-state index is 12.0. The Bertz CT molecular complexity index is 1120. The van der Waals surface area contributed by atoms with E-state index in [4.69, 9.17) is 14.2 Å². The Morgan fingerprint density at radius 3 is 2.26 bits per heavy atom. The number of ether oxygens (including phenoxy) is 4. The van der Waals surface area contributed by atoms with E-state index in [1.165, 1.54) is 44.6 Å². The average Bonchev–Trinajstić information content (AvgIpc) is 2.77. The number of nitro groups is 1. The number of carbonyl (C=O) groups is 3. The zero-order chi connectivity index (χ0) is 26.3. The lowest BCUT2D eigenvalue weighted by Gasteiger charge is -2.22. The fraction of sp³-hybridized carbons (Fsp3) is 0.348. The van der Waals surface area contributed by atoms with E-state index in [0.29, 0.717) is 0 Å². The fourth-order valence-electron chi connectivity index (χ4n) is 2.92. The van der Waals surface area contributed by atoms with Crippen LogP contribution in [0.2, 0.25) is 0 Å². The molecule has 0 fully saturated rings. The van der Waals surface area contributed by atoms with E-state index in [0.717, 1.165) is 6.07 Å². The highest BCUT2D eigenvalue weighted by Gasteiger charge is 2.26. The molecule has 0 aliphatic carbocycles. The molecule has 1 unspecified atom stereocenters. The van der Waals surface area contributed by atoms with Crippen LogP contribution in [-0.2, 0) is 20.7 Å². The second kappa shape index (κ2) is 11.2. The molecular weight excluding hydrogens is 464 g/mol. The van der Waals surface area contributed by atoms with Gasteiger partial charge in [0.1, 0.15) is 11.6 Å². The standard InChI is InChI=1S/C23H26N2O10/c1-23(2,3)35-22(29)24-15(20(26)27)10-13-6-8-17(16(11-13)25(30)31)34-18-9-7-14(21(28)33-5)12-19(18)32-4/h6-9,11-12,15H,10H2,1-5H3,(H,24,29)(H,26,27). The van der Waals surface area contributed by atoms with Gasteiger partial charge in [0.05, 0.1) is 24.7 Å². The summed E-state index contributed by atoms with van der Waals surface area (Å²) in [4.78, 5) is 46.3. The van der Waals surface area contributed by atoms with Crippen LogP contribution >= 0.6 is 0 Å². The van der Waals surface area contributed by atoms with Crippen molar-refractivity contribution in [2.45, 2.75) is 38.8 Å². The first-order chi connectivity index (χ1) is 16.3. The van der Waals surface area contributed by atoms with Crippen molar-refractivity contribution in [1.29, 1.82) is 0 Å². The number of carbonyl (C=O) groups excluding carboxylic acids is 2. The molecule has 0 radical (unpaired) electrons. The van der Waals surface area contributed by atoms with Gasteiger partial charge in [-0.25, -0.2) is 14.4 Å². The molecule has 188 valence electrons. The molecule has 12 nitrogen and oxygen atoms in total. The summed E-state index contributed by atoms with van der Waals surface area (Å²) in [7, 11) is 2.56. The monoisotopic (exact) mass is 490 g/mol. The zero-order valence-electron chi connectivity index (χ0n) is 19.8. The zero-order valence-corrected chi connectivity index (χ0v) is 19.8. The van der Waals surface area contributed by atoms with Crippen molar-refractivity contribution in [3.63, 3.8) is 0 Å². The number of carboxylic acid groups (broad SMARTS) is 1. The lowest BCUT2D eigenvalue weighted by molar-refractivity contribution is -0.385. The number of rotatable bonds is 9. The van der Waals surface area contributed by atoms with Gasteiger partial charge in [0.15, 0.2) is 11.5 Å². The third-order valence-electron chi connectivity index (χ3n) is 4.45. The van der Waals surface area contributed by atoms with Gasteiger partial charge in [-0.2, -0.15) is 0 Å². The van der Waals surface area contributed by atoms with Gasteiger partial charge in [0, 0.05) is 12.5 Å². The van der Waals surface area contributed by atoms with E-state index >= 15 is 0 Å². The normalized spacial score (nSPS) is 11.7. The molecule has 0 heterocycles. The number of benzene rings is 2. The molecule has 1 amide bonds. The van der Waals surface area contributed by atoms with Crippen LogP contribution in [0, 0.1) is 10.1 Å². The predicted octanol–water partition coefficient (Wildman–Crippen LogP) is 3.70. The lowest BCUT2D eigenvalue weighted by atomic mass is 10.0. The highest BCUT2D eigenvalue weighted by Crippen LogP contribution is 2.37. The molecule has 0 saturated carbocycles. The van der Waals surface area contributed by atoms with Crippen molar-refractivity contribution < 1.29 is 43.4 Å². The first-order valence-corrected chi connectivity index (χ1v) is 10.3. The van der Waals surface area contributed by atoms with Crippen molar-refractivity contribution in [2.24, 2.45) is 0 Å². The molecule has 1 atom stereocenters. The number of nitro benzene ring substituents is 1. The SMILES string of the molecule is COC(=O)c1ccc(Oc2ccc(CC(NC(=O)OC(C)(C)C)C(=O)O)cc2[N+](=O)[O-])c(OC)c1. The molecule has 2 aromatic carbocycles. The molecule has 0 saturated heterocycles. The second-order valence-electron chi connectivity index (χ2n) is 8.26. The molecule has 0 aromatic heterocycles. The molecule has 0 bridgehead atoms.